The van der Waals surface area contributed by atoms with E-state index in [4.69, 9.17) is 9.47 Å². The minimum absolute atomic E-state index is 0.440. The van der Waals surface area contributed by atoms with Crippen LogP contribution >= 0.6 is 0 Å². The Morgan fingerprint density at radius 3 is 2.61 bits per heavy atom. The van der Waals surface area contributed by atoms with Crippen LogP contribution in [0.1, 0.15) is 0 Å². The Morgan fingerprint density at radius 2 is 1.83 bits per heavy atom. The predicted molar refractivity (Wildman–Crippen MR) is 69.0 cm³/mol. The number of aromatic nitrogens is 2. The largest absolute Gasteiger partial charge is 0.490 e. The maximum absolute atomic E-state index is 5.50. The van der Waals surface area contributed by atoms with Crippen molar-refractivity contribution in [2.75, 3.05) is 25.6 Å². The maximum Gasteiger partial charge on any atom is 0.225 e. The zero-order valence-electron chi connectivity index (χ0n) is 10.2. The van der Waals surface area contributed by atoms with E-state index < -0.39 is 0 Å². The molecule has 0 bridgehead atoms. The van der Waals surface area contributed by atoms with Crippen LogP contribution < -0.4 is 14.8 Å². The van der Waals surface area contributed by atoms with Crippen LogP contribution in [0.4, 0.5) is 5.95 Å². The summed E-state index contributed by atoms with van der Waals surface area (Å²) in [6, 6.07) is 11.3. The first kappa shape index (κ1) is 12.2. The van der Waals surface area contributed by atoms with Crippen molar-refractivity contribution in [1.29, 1.82) is 0 Å². The standard InChI is InChI=1S/C13H15N3O2/c1-14-13-15-8-7-12(16-13)18-10-9-17-11-5-3-2-4-6-11/h2-8H,9-10H2,1H3,(H,14,15,16). The van der Waals surface area contributed by atoms with Crippen LogP contribution in [0.2, 0.25) is 0 Å². The van der Waals surface area contributed by atoms with Gasteiger partial charge in [0.1, 0.15) is 19.0 Å². The van der Waals surface area contributed by atoms with Crippen LogP contribution in [0, 0.1) is 0 Å². The molecular formula is C13H15N3O2. The summed E-state index contributed by atoms with van der Waals surface area (Å²) in [5.74, 6) is 1.90. The van der Waals surface area contributed by atoms with Gasteiger partial charge in [-0.1, -0.05) is 18.2 Å². The molecule has 5 nitrogen and oxygen atoms in total. The van der Waals surface area contributed by atoms with E-state index in [2.05, 4.69) is 15.3 Å². The number of benzene rings is 1. The van der Waals surface area contributed by atoms with Gasteiger partial charge in [0.15, 0.2) is 0 Å². The molecular weight excluding hydrogens is 230 g/mol. The highest BCUT2D eigenvalue weighted by Crippen LogP contribution is 2.09. The van der Waals surface area contributed by atoms with Crippen LogP contribution in [0.3, 0.4) is 0 Å². The van der Waals surface area contributed by atoms with Gasteiger partial charge in [0, 0.05) is 19.3 Å². The number of hydrogen-bond acceptors (Lipinski definition) is 5. The predicted octanol–water partition coefficient (Wildman–Crippen LogP) is 1.98. The van der Waals surface area contributed by atoms with Crippen LogP contribution in [-0.2, 0) is 0 Å². The zero-order valence-corrected chi connectivity index (χ0v) is 10.2. The molecule has 2 rings (SSSR count). The summed E-state index contributed by atoms with van der Waals surface area (Å²) < 4.78 is 11.0. The van der Waals surface area contributed by atoms with E-state index >= 15 is 0 Å². The van der Waals surface area contributed by atoms with Crippen LogP contribution in [0.15, 0.2) is 42.6 Å². The van der Waals surface area contributed by atoms with Gasteiger partial charge >= 0.3 is 0 Å². The molecule has 0 saturated carbocycles. The van der Waals surface area contributed by atoms with Gasteiger partial charge < -0.3 is 14.8 Å². The molecule has 1 N–H and O–H groups in total. The highest BCUT2D eigenvalue weighted by Gasteiger charge is 1.98. The number of nitrogens with one attached hydrogen (secondary N) is 1. The van der Waals surface area contributed by atoms with Crippen LogP contribution in [0.25, 0.3) is 0 Å². The SMILES string of the molecule is CNc1nccc(OCCOc2ccccc2)n1. The first-order valence-corrected chi connectivity index (χ1v) is 5.70. The first-order valence-electron chi connectivity index (χ1n) is 5.70. The van der Waals surface area contributed by atoms with Gasteiger partial charge in [-0.15, -0.1) is 0 Å². The van der Waals surface area contributed by atoms with Crippen molar-refractivity contribution in [3.8, 4) is 11.6 Å². The quantitative estimate of drug-likeness (QED) is 0.788. The fourth-order valence-electron chi connectivity index (χ4n) is 1.37. The molecule has 0 aliphatic carbocycles. The average molecular weight is 245 g/mol. The third kappa shape index (κ3) is 3.62. The molecule has 0 atom stereocenters. The van der Waals surface area contributed by atoms with E-state index in [-0.39, 0.29) is 0 Å². The van der Waals surface area contributed by atoms with Crippen molar-refractivity contribution in [1.82, 2.24) is 9.97 Å². The Labute approximate surface area is 106 Å². The molecule has 0 aliphatic heterocycles. The van der Waals surface area contributed by atoms with Crippen molar-refractivity contribution < 1.29 is 9.47 Å². The molecule has 0 aliphatic rings. The topological polar surface area (TPSA) is 56.3 Å². The Morgan fingerprint density at radius 1 is 1.06 bits per heavy atom. The molecule has 1 aromatic carbocycles. The number of hydrogen-bond donors (Lipinski definition) is 1. The molecule has 5 heteroatoms. The van der Waals surface area contributed by atoms with Crippen molar-refractivity contribution in [2.24, 2.45) is 0 Å². The Hall–Kier alpha value is -2.30. The second-order valence-corrected chi connectivity index (χ2v) is 3.48. The third-order valence-corrected chi connectivity index (χ3v) is 2.20. The van der Waals surface area contributed by atoms with Gasteiger partial charge in [-0.2, -0.15) is 4.98 Å². The molecule has 0 spiro atoms. The van der Waals surface area contributed by atoms with Crippen LogP contribution in [0.5, 0.6) is 11.6 Å². The highest BCUT2D eigenvalue weighted by atomic mass is 16.5. The zero-order chi connectivity index (χ0) is 12.6. The molecule has 0 saturated heterocycles. The summed E-state index contributed by atoms with van der Waals surface area (Å²) in [6.45, 7) is 0.915. The summed E-state index contributed by atoms with van der Waals surface area (Å²) in [4.78, 5) is 8.14. The Balaban J connectivity index is 1.75. The molecule has 18 heavy (non-hydrogen) atoms. The minimum Gasteiger partial charge on any atom is -0.490 e. The number of nitrogens with zero attached hydrogens (tertiary/aromatic N) is 2. The van der Waals surface area contributed by atoms with Gasteiger partial charge in [0.25, 0.3) is 0 Å². The Kier molecular flexibility index (Phi) is 4.35. The molecule has 0 unspecified atom stereocenters. The lowest BCUT2D eigenvalue weighted by Gasteiger charge is -2.08. The molecule has 2 aromatic rings. The number of para-hydroxylation sites is 1. The van der Waals surface area contributed by atoms with Crippen LogP contribution in [-0.4, -0.2) is 30.2 Å². The van der Waals surface area contributed by atoms with Gasteiger partial charge in [-0.25, -0.2) is 4.98 Å². The van der Waals surface area contributed by atoms with E-state index in [1.54, 1.807) is 19.3 Å². The van der Waals surface area contributed by atoms with E-state index in [9.17, 15) is 0 Å². The normalized spacial score (nSPS) is 9.83. The second-order valence-electron chi connectivity index (χ2n) is 3.48. The van der Waals surface area contributed by atoms with Crippen molar-refractivity contribution in [3.63, 3.8) is 0 Å². The lowest BCUT2D eigenvalue weighted by molar-refractivity contribution is 0.212. The summed E-state index contributed by atoms with van der Waals surface area (Å²) in [6.07, 6.45) is 1.65. The lowest BCUT2D eigenvalue weighted by Crippen LogP contribution is -2.10. The van der Waals surface area contributed by atoms with Gasteiger partial charge in [0.05, 0.1) is 0 Å². The number of ether oxygens (including phenoxy) is 2. The molecule has 1 heterocycles. The molecule has 0 radical (unpaired) electrons. The Bertz CT molecular complexity index is 477. The lowest BCUT2D eigenvalue weighted by atomic mass is 10.3. The fraction of sp³-hybridized carbons (Fsp3) is 0.231. The number of rotatable bonds is 6. The van der Waals surface area contributed by atoms with Crippen molar-refractivity contribution >= 4 is 5.95 Å². The van der Waals surface area contributed by atoms with Crippen molar-refractivity contribution in [3.05, 3.63) is 42.6 Å². The van der Waals surface area contributed by atoms with E-state index in [0.717, 1.165) is 5.75 Å². The summed E-state index contributed by atoms with van der Waals surface area (Å²) >= 11 is 0. The molecule has 1 aromatic heterocycles. The third-order valence-electron chi connectivity index (χ3n) is 2.20. The summed E-state index contributed by atoms with van der Waals surface area (Å²) in [5.41, 5.74) is 0. The maximum atomic E-state index is 5.50. The fourth-order valence-corrected chi connectivity index (χ4v) is 1.37. The van der Waals surface area contributed by atoms with E-state index in [1.807, 2.05) is 30.3 Å². The summed E-state index contributed by atoms with van der Waals surface area (Å²) in [5, 5.41) is 2.85. The van der Waals surface area contributed by atoms with Gasteiger partial charge in [0.2, 0.25) is 11.8 Å². The second kappa shape index (κ2) is 6.44. The highest BCUT2D eigenvalue weighted by molar-refractivity contribution is 5.26. The minimum atomic E-state index is 0.440. The van der Waals surface area contributed by atoms with E-state index in [0.29, 0.717) is 25.0 Å². The molecule has 0 fully saturated rings. The molecule has 0 amide bonds. The molecule has 94 valence electrons. The smallest absolute Gasteiger partial charge is 0.225 e. The van der Waals surface area contributed by atoms with Gasteiger partial charge in [-0.3, -0.25) is 0 Å². The first-order chi connectivity index (χ1) is 8.88. The van der Waals surface area contributed by atoms with Crippen molar-refractivity contribution in [2.45, 2.75) is 0 Å². The van der Waals surface area contributed by atoms with E-state index in [1.165, 1.54) is 0 Å². The average Bonchev–Trinajstić information content (AvgIpc) is 2.45. The summed E-state index contributed by atoms with van der Waals surface area (Å²) in [7, 11) is 1.76. The van der Waals surface area contributed by atoms with Gasteiger partial charge in [-0.05, 0) is 12.1 Å². The number of anilines is 1. The monoisotopic (exact) mass is 245 g/mol.